The molecule has 2 amide bonds. The highest BCUT2D eigenvalue weighted by atomic mass is 32.2. The topological polar surface area (TPSA) is 116 Å². The third kappa shape index (κ3) is 5.55. The Morgan fingerprint density at radius 3 is 2.50 bits per heavy atom. The van der Waals surface area contributed by atoms with Crippen LogP contribution in [0.5, 0.6) is 5.75 Å². The maximum absolute atomic E-state index is 13.0. The molecule has 0 radical (unpaired) electrons. The number of fused-ring (bicyclic) bond motifs is 1. The molecule has 1 saturated heterocycles. The summed E-state index contributed by atoms with van der Waals surface area (Å²) in [7, 11) is 0. The molecule has 0 N–H and O–H groups in total. The number of hydrogen-bond acceptors (Lipinski definition) is 8. The Labute approximate surface area is 210 Å². The van der Waals surface area contributed by atoms with Gasteiger partial charge in [-0.1, -0.05) is 30.3 Å². The number of nitro groups is 1. The number of ether oxygens (including phenoxy) is 2. The number of rotatable bonds is 8. The zero-order chi connectivity index (χ0) is 25.8. The molecule has 1 aliphatic rings. The molecule has 1 heterocycles. The van der Waals surface area contributed by atoms with Crippen molar-refractivity contribution >= 4 is 51.4 Å². The second-order valence-electron chi connectivity index (χ2n) is 8.22. The van der Waals surface area contributed by atoms with Crippen molar-refractivity contribution in [3.63, 3.8) is 0 Å². The fourth-order valence-corrected chi connectivity index (χ4v) is 4.44. The lowest BCUT2D eigenvalue weighted by Crippen LogP contribution is -2.35. The minimum atomic E-state index is -0.661. The molecule has 1 fully saturated rings. The van der Waals surface area contributed by atoms with E-state index in [9.17, 15) is 24.5 Å². The van der Waals surface area contributed by atoms with Crippen LogP contribution in [0.4, 0.5) is 10.5 Å². The number of non-ortho nitro benzene ring substituents is 1. The smallest absolute Gasteiger partial charge is 0.326 e. The number of carbonyl (C=O) groups excluding carboxylic acids is 3. The van der Waals surface area contributed by atoms with E-state index in [-0.39, 0.29) is 23.3 Å². The lowest BCUT2D eigenvalue weighted by Gasteiger charge is -2.14. The monoisotopic (exact) mass is 506 g/mol. The van der Waals surface area contributed by atoms with Gasteiger partial charge in [0, 0.05) is 17.7 Å². The van der Waals surface area contributed by atoms with Gasteiger partial charge in [-0.05, 0) is 66.2 Å². The highest BCUT2D eigenvalue weighted by Gasteiger charge is 2.37. The van der Waals surface area contributed by atoms with E-state index in [1.807, 2.05) is 30.3 Å². The van der Waals surface area contributed by atoms with Crippen LogP contribution in [-0.2, 0) is 20.9 Å². The molecule has 36 heavy (non-hydrogen) atoms. The first-order valence-electron chi connectivity index (χ1n) is 11.1. The van der Waals surface area contributed by atoms with Crippen molar-refractivity contribution in [1.82, 2.24) is 4.90 Å². The molecule has 10 heteroatoms. The van der Waals surface area contributed by atoms with Gasteiger partial charge in [-0.15, -0.1) is 0 Å². The molecule has 0 atom stereocenters. The molecule has 9 nitrogen and oxygen atoms in total. The average Bonchev–Trinajstić information content (AvgIpc) is 3.10. The van der Waals surface area contributed by atoms with E-state index < -0.39 is 28.6 Å². The normalized spacial score (nSPS) is 14.6. The SMILES string of the molecule is CC(C)OC(=O)CN1C(=O)S/C(=C/c2c(OCc3ccc([N+](=O)[O-])cc3)ccc3ccccc23)C1=O. The van der Waals surface area contributed by atoms with Crippen molar-refractivity contribution in [3.05, 3.63) is 86.8 Å². The second kappa shape index (κ2) is 10.6. The predicted octanol–water partition coefficient (Wildman–Crippen LogP) is 5.31. The van der Waals surface area contributed by atoms with Crippen molar-refractivity contribution in [2.75, 3.05) is 6.54 Å². The number of nitrogens with zero attached hydrogens (tertiary/aromatic N) is 2. The fraction of sp³-hybridized carbons (Fsp3) is 0.192. The van der Waals surface area contributed by atoms with E-state index in [4.69, 9.17) is 9.47 Å². The Balaban J connectivity index is 1.63. The fourth-order valence-electron chi connectivity index (χ4n) is 3.62. The van der Waals surface area contributed by atoms with Gasteiger partial charge in [0.05, 0.1) is 15.9 Å². The van der Waals surface area contributed by atoms with Gasteiger partial charge in [0.2, 0.25) is 0 Å². The number of imide groups is 1. The number of benzene rings is 3. The van der Waals surface area contributed by atoms with Gasteiger partial charge in [-0.3, -0.25) is 29.4 Å². The van der Waals surface area contributed by atoms with Gasteiger partial charge < -0.3 is 9.47 Å². The van der Waals surface area contributed by atoms with Crippen molar-refractivity contribution in [2.45, 2.75) is 26.6 Å². The van der Waals surface area contributed by atoms with Gasteiger partial charge in [-0.2, -0.15) is 0 Å². The Bertz CT molecular complexity index is 1380. The number of nitro benzene ring substituents is 1. The second-order valence-corrected chi connectivity index (χ2v) is 9.21. The molecule has 0 saturated carbocycles. The van der Waals surface area contributed by atoms with E-state index in [0.29, 0.717) is 11.3 Å². The largest absolute Gasteiger partial charge is 0.488 e. The molecule has 1 aliphatic heterocycles. The molecule has 0 bridgehead atoms. The number of thioether (sulfide) groups is 1. The van der Waals surface area contributed by atoms with Crippen LogP contribution < -0.4 is 4.74 Å². The predicted molar refractivity (Wildman–Crippen MR) is 135 cm³/mol. The molecule has 0 spiro atoms. The Kier molecular flexibility index (Phi) is 7.35. The van der Waals surface area contributed by atoms with Crippen molar-refractivity contribution in [3.8, 4) is 5.75 Å². The first-order valence-corrected chi connectivity index (χ1v) is 11.9. The summed E-state index contributed by atoms with van der Waals surface area (Å²) in [5, 5.41) is 12.1. The third-order valence-corrected chi connectivity index (χ3v) is 6.18. The van der Waals surface area contributed by atoms with E-state index in [2.05, 4.69) is 0 Å². The van der Waals surface area contributed by atoms with Crippen LogP contribution in [-0.4, -0.2) is 39.6 Å². The van der Waals surface area contributed by atoms with Crippen LogP contribution in [0.2, 0.25) is 0 Å². The molecule has 3 aromatic carbocycles. The summed E-state index contributed by atoms with van der Waals surface area (Å²) in [6.07, 6.45) is 1.23. The number of esters is 1. The van der Waals surface area contributed by atoms with E-state index in [1.54, 1.807) is 38.1 Å². The van der Waals surface area contributed by atoms with Gasteiger partial charge in [-0.25, -0.2) is 0 Å². The molecule has 3 aromatic rings. The third-order valence-electron chi connectivity index (χ3n) is 5.28. The average molecular weight is 507 g/mol. The summed E-state index contributed by atoms with van der Waals surface area (Å²) in [5.41, 5.74) is 1.31. The Morgan fingerprint density at radius 1 is 1.08 bits per heavy atom. The molecule has 0 aliphatic carbocycles. The molecular weight excluding hydrogens is 484 g/mol. The molecule has 0 unspecified atom stereocenters. The lowest BCUT2D eigenvalue weighted by atomic mass is 10.0. The Hall–Kier alpha value is -4.18. The zero-order valence-electron chi connectivity index (χ0n) is 19.5. The van der Waals surface area contributed by atoms with Gasteiger partial charge in [0.25, 0.3) is 16.8 Å². The summed E-state index contributed by atoms with van der Waals surface area (Å²) in [4.78, 5) is 48.9. The Morgan fingerprint density at radius 2 is 1.81 bits per heavy atom. The molecule has 4 rings (SSSR count). The van der Waals surface area contributed by atoms with Gasteiger partial charge in [0.1, 0.15) is 18.9 Å². The highest BCUT2D eigenvalue weighted by molar-refractivity contribution is 8.18. The van der Waals surface area contributed by atoms with Gasteiger partial charge >= 0.3 is 5.97 Å². The van der Waals surface area contributed by atoms with Crippen LogP contribution in [0.25, 0.3) is 16.8 Å². The summed E-state index contributed by atoms with van der Waals surface area (Å²) in [6, 6.07) is 17.2. The van der Waals surface area contributed by atoms with Crippen LogP contribution in [0.1, 0.15) is 25.0 Å². The summed E-state index contributed by atoms with van der Waals surface area (Å²) < 4.78 is 11.1. The van der Waals surface area contributed by atoms with Crippen LogP contribution in [0.3, 0.4) is 0 Å². The van der Waals surface area contributed by atoms with E-state index >= 15 is 0 Å². The van der Waals surface area contributed by atoms with E-state index in [0.717, 1.165) is 33.0 Å². The number of hydrogen-bond donors (Lipinski definition) is 0. The number of amides is 2. The maximum Gasteiger partial charge on any atom is 0.326 e. The van der Waals surface area contributed by atoms with E-state index in [1.165, 1.54) is 12.1 Å². The van der Waals surface area contributed by atoms with Crippen molar-refractivity contribution in [2.24, 2.45) is 0 Å². The molecule has 184 valence electrons. The number of carbonyl (C=O) groups is 3. The maximum atomic E-state index is 13.0. The first-order chi connectivity index (χ1) is 17.2. The highest BCUT2D eigenvalue weighted by Crippen LogP contribution is 2.37. The summed E-state index contributed by atoms with van der Waals surface area (Å²) >= 11 is 0.745. The summed E-state index contributed by atoms with van der Waals surface area (Å²) in [5.74, 6) is -0.774. The van der Waals surface area contributed by atoms with Crippen molar-refractivity contribution < 1.29 is 28.8 Å². The zero-order valence-corrected chi connectivity index (χ0v) is 20.3. The van der Waals surface area contributed by atoms with Gasteiger partial charge in [0.15, 0.2) is 0 Å². The standard InChI is InChI=1S/C26H22N2O7S/c1-16(2)35-24(29)14-27-25(30)23(36-26(27)31)13-21-20-6-4-3-5-18(20)9-12-22(21)34-15-17-7-10-19(11-8-17)28(32)33/h3-13,16H,14-15H2,1-2H3/b23-13+. The van der Waals surface area contributed by atoms with Crippen molar-refractivity contribution in [1.29, 1.82) is 0 Å². The van der Waals surface area contributed by atoms with Crippen LogP contribution >= 0.6 is 11.8 Å². The van der Waals surface area contributed by atoms with Crippen LogP contribution in [0.15, 0.2) is 65.6 Å². The lowest BCUT2D eigenvalue weighted by molar-refractivity contribution is -0.384. The molecular formula is C26H22N2O7S. The summed E-state index contributed by atoms with van der Waals surface area (Å²) in [6.45, 7) is 3.05. The minimum Gasteiger partial charge on any atom is -0.488 e. The first kappa shape index (κ1) is 24.9. The molecule has 0 aromatic heterocycles. The minimum absolute atomic E-state index is 0.0156. The van der Waals surface area contributed by atoms with Crippen LogP contribution in [0, 0.1) is 10.1 Å². The quantitative estimate of drug-likeness (QED) is 0.175.